The number of benzene rings is 1. The van der Waals surface area contributed by atoms with Crippen LogP contribution in [0, 0.1) is 0 Å². The summed E-state index contributed by atoms with van der Waals surface area (Å²) in [7, 11) is 1.68. The lowest BCUT2D eigenvalue weighted by Gasteiger charge is -2.36. The molecular weight excluding hydrogens is 304 g/mol. The molecule has 0 saturated carbocycles. The van der Waals surface area contributed by atoms with Crippen LogP contribution in [0.15, 0.2) is 48.8 Å². The summed E-state index contributed by atoms with van der Waals surface area (Å²) in [4.78, 5) is 20.4. The van der Waals surface area contributed by atoms with Crippen LogP contribution in [0.4, 0.5) is 10.5 Å². The summed E-state index contributed by atoms with van der Waals surface area (Å²) in [6.45, 7) is 3.50. The standard InChI is InChI=1S/C18H22N4O2/c1-24-17-5-3-2-4-16(17)21-10-12-22(13-11-21)18(23)20-14-15-6-8-19-9-7-15/h2-9H,10-14H2,1H3,(H,20,23). The van der Waals surface area contributed by atoms with Gasteiger partial charge in [-0.25, -0.2) is 4.79 Å². The van der Waals surface area contributed by atoms with E-state index >= 15 is 0 Å². The molecule has 126 valence electrons. The summed E-state index contributed by atoms with van der Waals surface area (Å²) >= 11 is 0. The molecule has 1 fully saturated rings. The summed E-state index contributed by atoms with van der Waals surface area (Å²) in [5, 5.41) is 2.96. The first-order valence-corrected chi connectivity index (χ1v) is 8.07. The number of carbonyl (C=O) groups is 1. The van der Waals surface area contributed by atoms with Crippen molar-refractivity contribution in [3.63, 3.8) is 0 Å². The van der Waals surface area contributed by atoms with E-state index < -0.39 is 0 Å². The van der Waals surface area contributed by atoms with E-state index in [0.29, 0.717) is 19.6 Å². The Balaban J connectivity index is 1.52. The van der Waals surface area contributed by atoms with E-state index in [4.69, 9.17) is 4.74 Å². The predicted molar refractivity (Wildman–Crippen MR) is 93.3 cm³/mol. The number of methoxy groups -OCH3 is 1. The summed E-state index contributed by atoms with van der Waals surface area (Å²) < 4.78 is 5.42. The van der Waals surface area contributed by atoms with Crippen molar-refractivity contribution in [1.82, 2.24) is 15.2 Å². The number of aromatic nitrogens is 1. The van der Waals surface area contributed by atoms with Gasteiger partial charge in [0.05, 0.1) is 12.8 Å². The van der Waals surface area contributed by atoms with Crippen LogP contribution in [0.1, 0.15) is 5.56 Å². The topological polar surface area (TPSA) is 57.7 Å². The molecule has 24 heavy (non-hydrogen) atoms. The highest BCUT2D eigenvalue weighted by atomic mass is 16.5. The number of rotatable bonds is 4. The smallest absolute Gasteiger partial charge is 0.317 e. The van der Waals surface area contributed by atoms with E-state index in [0.717, 1.165) is 30.1 Å². The largest absolute Gasteiger partial charge is 0.495 e. The molecule has 0 atom stereocenters. The second-order valence-corrected chi connectivity index (χ2v) is 5.66. The van der Waals surface area contributed by atoms with Gasteiger partial charge in [-0.15, -0.1) is 0 Å². The average Bonchev–Trinajstić information content (AvgIpc) is 2.67. The van der Waals surface area contributed by atoms with Crippen LogP contribution in [-0.2, 0) is 6.54 Å². The number of nitrogens with one attached hydrogen (secondary N) is 1. The van der Waals surface area contributed by atoms with Crippen LogP contribution in [0.2, 0.25) is 0 Å². The second-order valence-electron chi connectivity index (χ2n) is 5.66. The van der Waals surface area contributed by atoms with E-state index in [1.165, 1.54) is 0 Å². The molecule has 1 aliphatic rings. The summed E-state index contributed by atoms with van der Waals surface area (Å²) in [5.74, 6) is 0.869. The van der Waals surface area contributed by atoms with Gasteiger partial charge in [0.1, 0.15) is 5.75 Å². The maximum Gasteiger partial charge on any atom is 0.317 e. The van der Waals surface area contributed by atoms with Crippen LogP contribution in [-0.4, -0.2) is 49.2 Å². The van der Waals surface area contributed by atoms with Crippen LogP contribution in [0.25, 0.3) is 0 Å². The number of hydrogen-bond donors (Lipinski definition) is 1. The Kier molecular flexibility index (Phi) is 5.15. The van der Waals surface area contributed by atoms with Crippen LogP contribution < -0.4 is 15.0 Å². The van der Waals surface area contributed by atoms with Gasteiger partial charge >= 0.3 is 6.03 Å². The molecule has 0 aliphatic carbocycles. The Bertz CT molecular complexity index is 670. The summed E-state index contributed by atoms with van der Waals surface area (Å²) in [6.07, 6.45) is 3.46. The van der Waals surface area contributed by atoms with Gasteiger partial charge in [-0.3, -0.25) is 4.98 Å². The lowest BCUT2D eigenvalue weighted by atomic mass is 10.2. The number of nitrogens with zero attached hydrogens (tertiary/aromatic N) is 3. The van der Waals surface area contributed by atoms with E-state index in [-0.39, 0.29) is 6.03 Å². The third-order valence-electron chi connectivity index (χ3n) is 4.19. The van der Waals surface area contributed by atoms with E-state index in [2.05, 4.69) is 21.3 Å². The van der Waals surface area contributed by atoms with Crippen molar-refractivity contribution in [2.24, 2.45) is 0 Å². The van der Waals surface area contributed by atoms with E-state index in [1.807, 2.05) is 35.2 Å². The van der Waals surface area contributed by atoms with Gasteiger partial charge < -0.3 is 19.9 Å². The van der Waals surface area contributed by atoms with Crippen molar-refractivity contribution in [2.45, 2.75) is 6.54 Å². The Hall–Kier alpha value is -2.76. The number of amides is 2. The Labute approximate surface area is 142 Å². The molecule has 0 bridgehead atoms. The molecule has 0 radical (unpaired) electrons. The van der Waals surface area contributed by atoms with Gasteiger partial charge in [0, 0.05) is 45.1 Å². The molecule has 2 aromatic rings. The van der Waals surface area contributed by atoms with Gasteiger partial charge in [0.15, 0.2) is 0 Å². The molecule has 1 aromatic carbocycles. The molecule has 3 rings (SSSR count). The minimum Gasteiger partial charge on any atom is -0.495 e. The minimum atomic E-state index is -0.0218. The summed E-state index contributed by atoms with van der Waals surface area (Å²) in [5.41, 5.74) is 2.13. The molecule has 0 unspecified atom stereocenters. The summed E-state index contributed by atoms with van der Waals surface area (Å²) in [6, 6.07) is 11.8. The van der Waals surface area contributed by atoms with Gasteiger partial charge in [-0.2, -0.15) is 0 Å². The molecule has 6 nitrogen and oxygen atoms in total. The fourth-order valence-electron chi connectivity index (χ4n) is 2.83. The highest BCUT2D eigenvalue weighted by Gasteiger charge is 2.22. The quantitative estimate of drug-likeness (QED) is 0.935. The van der Waals surface area contributed by atoms with Crippen molar-refractivity contribution in [3.05, 3.63) is 54.4 Å². The normalized spacial score (nSPS) is 14.4. The lowest BCUT2D eigenvalue weighted by molar-refractivity contribution is 0.194. The fraction of sp³-hybridized carbons (Fsp3) is 0.333. The highest BCUT2D eigenvalue weighted by Crippen LogP contribution is 2.28. The van der Waals surface area contributed by atoms with Crippen molar-refractivity contribution >= 4 is 11.7 Å². The van der Waals surface area contributed by atoms with Crippen LogP contribution >= 0.6 is 0 Å². The second kappa shape index (κ2) is 7.68. The number of hydrogen-bond acceptors (Lipinski definition) is 4. The Morgan fingerprint density at radius 2 is 1.83 bits per heavy atom. The number of piperazine rings is 1. The molecule has 1 N–H and O–H groups in total. The van der Waals surface area contributed by atoms with Gasteiger partial charge in [-0.1, -0.05) is 12.1 Å². The Morgan fingerprint density at radius 1 is 1.12 bits per heavy atom. The first-order chi connectivity index (χ1) is 11.8. The van der Waals surface area contributed by atoms with Crippen molar-refractivity contribution in [2.75, 3.05) is 38.2 Å². The number of urea groups is 1. The zero-order chi connectivity index (χ0) is 16.8. The molecule has 1 aromatic heterocycles. The van der Waals surface area contributed by atoms with Gasteiger partial charge in [0.2, 0.25) is 0 Å². The number of carbonyl (C=O) groups excluding carboxylic acids is 1. The zero-order valence-corrected chi connectivity index (χ0v) is 13.8. The molecule has 2 amide bonds. The average molecular weight is 326 g/mol. The molecule has 1 saturated heterocycles. The number of anilines is 1. The first kappa shape index (κ1) is 16.1. The molecule has 1 aliphatic heterocycles. The van der Waals surface area contributed by atoms with Crippen molar-refractivity contribution in [1.29, 1.82) is 0 Å². The highest BCUT2D eigenvalue weighted by molar-refractivity contribution is 5.74. The van der Waals surface area contributed by atoms with Gasteiger partial charge in [-0.05, 0) is 29.8 Å². The first-order valence-electron chi connectivity index (χ1n) is 8.07. The fourth-order valence-corrected chi connectivity index (χ4v) is 2.83. The van der Waals surface area contributed by atoms with E-state index in [1.54, 1.807) is 19.5 Å². The van der Waals surface area contributed by atoms with Gasteiger partial charge in [0.25, 0.3) is 0 Å². The van der Waals surface area contributed by atoms with Crippen molar-refractivity contribution in [3.8, 4) is 5.75 Å². The predicted octanol–water partition coefficient (Wildman–Crippen LogP) is 2.12. The molecular formula is C18H22N4O2. The molecule has 0 spiro atoms. The number of para-hydroxylation sites is 2. The van der Waals surface area contributed by atoms with Crippen LogP contribution in [0.5, 0.6) is 5.75 Å². The third kappa shape index (κ3) is 3.76. The number of pyridine rings is 1. The molecule has 2 heterocycles. The van der Waals surface area contributed by atoms with Crippen molar-refractivity contribution < 1.29 is 9.53 Å². The zero-order valence-electron chi connectivity index (χ0n) is 13.8. The maximum atomic E-state index is 12.3. The SMILES string of the molecule is COc1ccccc1N1CCN(C(=O)NCc2ccncc2)CC1. The maximum absolute atomic E-state index is 12.3. The molecule has 6 heteroatoms. The Morgan fingerprint density at radius 3 is 2.54 bits per heavy atom. The van der Waals surface area contributed by atoms with E-state index in [9.17, 15) is 4.79 Å². The lowest BCUT2D eigenvalue weighted by Crippen LogP contribution is -2.51. The minimum absolute atomic E-state index is 0.0218. The number of ether oxygens (including phenoxy) is 1. The third-order valence-corrected chi connectivity index (χ3v) is 4.19. The monoisotopic (exact) mass is 326 g/mol. The van der Waals surface area contributed by atoms with Crippen LogP contribution in [0.3, 0.4) is 0 Å².